The number of hydrogen-bond acceptors (Lipinski definition) is 3. The van der Waals surface area contributed by atoms with Crippen molar-refractivity contribution in [3.63, 3.8) is 0 Å². The first-order chi connectivity index (χ1) is 7.81. The van der Waals surface area contributed by atoms with Gasteiger partial charge in [0.25, 0.3) is 0 Å². The zero-order valence-corrected chi connectivity index (χ0v) is 10.5. The predicted octanol–water partition coefficient (Wildman–Crippen LogP) is 0.820. The summed E-state index contributed by atoms with van der Waals surface area (Å²) in [5.74, 6) is -0.429. The molecule has 0 heterocycles. The number of benzene rings is 1. The average molecular weight is 258 g/mol. The smallest absolute Gasteiger partial charge is 0.241 e. The van der Waals surface area contributed by atoms with Crippen LogP contribution in [0.25, 0.3) is 0 Å². The third kappa shape index (κ3) is 2.48. The van der Waals surface area contributed by atoms with Gasteiger partial charge in [-0.3, -0.25) is 0 Å². The molecule has 0 spiro atoms. The van der Waals surface area contributed by atoms with Crippen molar-refractivity contribution in [1.29, 1.82) is 0 Å². The monoisotopic (exact) mass is 258 g/mol. The van der Waals surface area contributed by atoms with E-state index in [1.54, 1.807) is 13.8 Å². The molecule has 2 rings (SSSR count). The second-order valence-electron chi connectivity index (χ2n) is 4.50. The predicted molar refractivity (Wildman–Crippen MR) is 62.6 cm³/mol. The molecular weight excluding hydrogens is 243 g/mol. The molecule has 0 saturated heterocycles. The molecule has 0 amide bonds. The van der Waals surface area contributed by atoms with E-state index in [0.29, 0.717) is 17.5 Å². The van der Waals surface area contributed by atoms with Crippen molar-refractivity contribution in [3.05, 3.63) is 29.1 Å². The number of aryl methyl sites for hydroxylation is 2. The summed E-state index contributed by atoms with van der Waals surface area (Å²) in [4.78, 5) is 0.151. The summed E-state index contributed by atoms with van der Waals surface area (Å²) in [6.07, 6.45) is 0.651. The SMILES string of the molecule is Cc1cc(F)cc(C)c1S(=O)(=O)NC1CC1N. The van der Waals surface area contributed by atoms with E-state index < -0.39 is 15.8 Å². The fourth-order valence-corrected chi connectivity index (χ4v) is 3.68. The first kappa shape index (κ1) is 12.5. The topological polar surface area (TPSA) is 72.2 Å². The molecule has 4 nitrogen and oxygen atoms in total. The Morgan fingerprint density at radius 2 is 1.82 bits per heavy atom. The summed E-state index contributed by atoms with van der Waals surface area (Å²) in [6.45, 7) is 3.16. The van der Waals surface area contributed by atoms with Crippen molar-refractivity contribution >= 4 is 10.0 Å². The van der Waals surface area contributed by atoms with Crippen LogP contribution in [-0.4, -0.2) is 20.5 Å². The lowest BCUT2D eigenvalue weighted by Crippen LogP contribution is -2.30. The van der Waals surface area contributed by atoms with Crippen LogP contribution < -0.4 is 10.5 Å². The van der Waals surface area contributed by atoms with Gasteiger partial charge in [-0.1, -0.05) is 0 Å². The number of nitrogens with two attached hydrogens (primary N) is 1. The van der Waals surface area contributed by atoms with Crippen LogP contribution >= 0.6 is 0 Å². The summed E-state index contributed by atoms with van der Waals surface area (Å²) in [7, 11) is -3.60. The van der Waals surface area contributed by atoms with Crippen molar-refractivity contribution in [2.75, 3.05) is 0 Å². The Balaban J connectivity index is 2.39. The third-order valence-electron chi connectivity index (χ3n) is 2.84. The maximum absolute atomic E-state index is 13.1. The van der Waals surface area contributed by atoms with Crippen LogP contribution in [0.4, 0.5) is 4.39 Å². The molecule has 0 radical (unpaired) electrons. The Bertz CT molecular complexity index is 534. The Labute approximate surface area is 100 Å². The zero-order chi connectivity index (χ0) is 12.8. The summed E-state index contributed by atoms with van der Waals surface area (Å²) in [5, 5.41) is 0. The maximum atomic E-state index is 13.1. The van der Waals surface area contributed by atoms with E-state index in [2.05, 4.69) is 4.72 Å². The zero-order valence-electron chi connectivity index (χ0n) is 9.70. The molecule has 0 aromatic heterocycles. The minimum absolute atomic E-state index is 0.106. The normalized spacial score (nSPS) is 23.8. The second-order valence-corrected chi connectivity index (χ2v) is 6.15. The number of halogens is 1. The van der Waals surface area contributed by atoms with Gasteiger partial charge in [0, 0.05) is 12.1 Å². The fraction of sp³-hybridized carbons (Fsp3) is 0.455. The van der Waals surface area contributed by atoms with Crippen LogP contribution in [0.3, 0.4) is 0 Å². The van der Waals surface area contributed by atoms with Gasteiger partial charge in [-0.2, -0.15) is 0 Å². The van der Waals surface area contributed by atoms with Gasteiger partial charge in [-0.15, -0.1) is 0 Å². The lowest BCUT2D eigenvalue weighted by Gasteiger charge is -2.11. The van der Waals surface area contributed by atoms with E-state index in [-0.39, 0.29) is 17.0 Å². The lowest BCUT2D eigenvalue weighted by atomic mass is 10.1. The van der Waals surface area contributed by atoms with Gasteiger partial charge in [0.15, 0.2) is 0 Å². The van der Waals surface area contributed by atoms with Crippen molar-refractivity contribution in [3.8, 4) is 0 Å². The molecule has 3 N–H and O–H groups in total. The minimum atomic E-state index is -3.60. The molecule has 17 heavy (non-hydrogen) atoms. The summed E-state index contributed by atoms with van der Waals surface area (Å²) < 4.78 is 39.8. The Kier molecular flexibility index (Phi) is 2.97. The largest absolute Gasteiger partial charge is 0.326 e. The van der Waals surface area contributed by atoms with Crippen molar-refractivity contribution in [2.45, 2.75) is 37.2 Å². The second kappa shape index (κ2) is 4.04. The highest BCUT2D eigenvalue weighted by atomic mass is 32.2. The van der Waals surface area contributed by atoms with Crippen LogP contribution in [0.2, 0.25) is 0 Å². The van der Waals surface area contributed by atoms with Gasteiger partial charge in [0.1, 0.15) is 5.82 Å². The average Bonchev–Trinajstić information content (AvgIpc) is 2.76. The maximum Gasteiger partial charge on any atom is 0.241 e. The Morgan fingerprint density at radius 1 is 1.35 bits per heavy atom. The van der Waals surface area contributed by atoms with E-state index in [4.69, 9.17) is 5.73 Å². The first-order valence-electron chi connectivity index (χ1n) is 5.36. The molecule has 94 valence electrons. The lowest BCUT2D eigenvalue weighted by molar-refractivity contribution is 0.577. The van der Waals surface area contributed by atoms with Gasteiger partial charge in [0.05, 0.1) is 4.90 Å². The van der Waals surface area contributed by atoms with Gasteiger partial charge < -0.3 is 5.73 Å². The van der Waals surface area contributed by atoms with Crippen molar-refractivity contribution < 1.29 is 12.8 Å². The van der Waals surface area contributed by atoms with Crippen LogP contribution in [0.15, 0.2) is 17.0 Å². The summed E-state index contributed by atoms with van der Waals surface area (Å²) in [5.41, 5.74) is 6.38. The molecule has 6 heteroatoms. The molecule has 2 unspecified atom stereocenters. The Morgan fingerprint density at radius 3 is 2.24 bits per heavy atom. The highest BCUT2D eigenvalue weighted by Gasteiger charge is 2.38. The number of hydrogen-bond donors (Lipinski definition) is 2. The van der Waals surface area contributed by atoms with Crippen LogP contribution in [0.1, 0.15) is 17.5 Å². The van der Waals surface area contributed by atoms with Crippen molar-refractivity contribution in [1.82, 2.24) is 4.72 Å². The minimum Gasteiger partial charge on any atom is -0.326 e. The first-order valence-corrected chi connectivity index (χ1v) is 6.84. The van der Waals surface area contributed by atoms with Gasteiger partial charge in [-0.25, -0.2) is 17.5 Å². The Hall–Kier alpha value is -0.980. The number of sulfonamides is 1. The third-order valence-corrected chi connectivity index (χ3v) is 4.63. The molecule has 2 atom stereocenters. The molecular formula is C11H15FN2O2S. The molecule has 1 aliphatic carbocycles. The summed E-state index contributed by atoms with van der Waals surface area (Å²) >= 11 is 0. The summed E-state index contributed by atoms with van der Waals surface area (Å²) in [6, 6.07) is 2.14. The fourth-order valence-electron chi connectivity index (χ4n) is 1.93. The molecule has 0 aliphatic heterocycles. The van der Waals surface area contributed by atoms with Gasteiger partial charge in [-0.05, 0) is 43.5 Å². The molecule has 0 bridgehead atoms. The molecule has 1 aliphatic rings. The van der Waals surface area contributed by atoms with E-state index in [1.807, 2.05) is 0 Å². The van der Waals surface area contributed by atoms with Crippen molar-refractivity contribution in [2.24, 2.45) is 5.73 Å². The highest BCUT2D eigenvalue weighted by Crippen LogP contribution is 2.25. The van der Waals surface area contributed by atoms with E-state index in [1.165, 1.54) is 12.1 Å². The number of rotatable bonds is 3. The van der Waals surface area contributed by atoms with Crippen LogP contribution in [0.5, 0.6) is 0 Å². The van der Waals surface area contributed by atoms with E-state index in [0.717, 1.165) is 0 Å². The standard InChI is InChI=1S/C11H15FN2O2S/c1-6-3-8(12)4-7(2)11(6)17(15,16)14-10-5-9(10)13/h3-4,9-10,14H,5,13H2,1-2H3. The van der Waals surface area contributed by atoms with Crippen LogP contribution in [0, 0.1) is 19.7 Å². The van der Waals surface area contributed by atoms with Gasteiger partial charge >= 0.3 is 0 Å². The molecule has 1 aromatic carbocycles. The molecule has 1 saturated carbocycles. The van der Waals surface area contributed by atoms with E-state index >= 15 is 0 Å². The number of nitrogens with one attached hydrogen (secondary N) is 1. The quantitative estimate of drug-likeness (QED) is 0.843. The van der Waals surface area contributed by atoms with Gasteiger partial charge in [0.2, 0.25) is 10.0 Å². The van der Waals surface area contributed by atoms with Crippen LogP contribution in [-0.2, 0) is 10.0 Å². The van der Waals surface area contributed by atoms with E-state index in [9.17, 15) is 12.8 Å². The molecule has 1 aromatic rings. The highest BCUT2D eigenvalue weighted by molar-refractivity contribution is 7.89. The molecule has 1 fully saturated rings.